The number of aromatic nitrogens is 1. The van der Waals surface area contributed by atoms with Crippen molar-refractivity contribution in [3.63, 3.8) is 0 Å². The molecule has 1 heterocycles. The first kappa shape index (κ1) is 22.4. The van der Waals surface area contributed by atoms with Crippen molar-refractivity contribution in [1.82, 2.24) is 4.57 Å². The number of allylic oxidation sites excluding steroid dienone is 4. The van der Waals surface area contributed by atoms with Gasteiger partial charge in [0.15, 0.2) is 0 Å². The first-order chi connectivity index (χ1) is 18.8. The topological polar surface area (TPSA) is 17.0 Å². The highest BCUT2D eigenvalue weighted by molar-refractivity contribution is 6.09. The molecule has 182 valence electrons. The van der Waals surface area contributed by atoms with Gasteiger partial charge in [-0.3, -0.25) is 0 Å². The lowest BCUT2D eigenvalue weighted by molar-refractivity contribution is 1.05. The number of rotatable bonds is 5. The molecule has 1 aromatic heterocycles. The standard InChI is InChI=1S/C36H28N2/c1-2-10-28(11-3-1)31-12-4-7-15-34(31)37-29-22-18-26(19-23-29)27-20-24-30(25-21-27)38-35-16-8-5-13-32(35)33-14-6-9-17-36(33)38/h1-2,4-10,12-25,37H,3,11H2. The van der Waals surface area contributed by atoms with Gasteiger partial charge in [-0.25, -0.2) is 0 Å². The summed E-state index contributed by atoms with van der Waals surface area (Å²) in [5, 5.41) is 6.21. The van der Waals surface area contributed by atoms with Gasteiger partial charge in [-0.1, -0.05) is 97.1 Å². The van der Waals surface area contributed by atoms with E-state index in [2.05, 4.69) is 149 Å². The smallest absolute Gasteiger partial charge is 0.0541 e. The lowest BCUT2D eigenvalue weighted by atomic mass is 9.96. The van der Waals surface area contributed by atoms with Crippen LogP contribution in [0.25, 0.3) is 44.2 Å². The summed E-state index contributed by atoms with van der Waals surface area (Å²) in [7, 11) is 0. The molecule has 5 aromatic carbocycles. The fourth-order valence-corrected chi connectivity index (χ4v) is 5.60. The van der Waals surface area contributed by atoms with Crippen LogP contribution in [0, 0.1) is 0 Å². The molecule has 1 aliphatic carbocycles. The second-order valence-corrected chi connectivity index (χ2v) is 9.82. The number of nitrogens with one attached hydrogen (secondary N) is 1. The fourth-order valence-electron chi connectivity index (χ4n) is 5.60. The minimum absolute atomic E-state index is 1.08. The van der Waals surface area contributed by atoms with Gasteiger partial charge in [-0.2, -0.15) is 0 Å². The Labute approximate surface area is 223 Å². The van der Waals surface area contributed by atoms with E-state index in [0.717, 1.165) is 24.2 Å². The molecule has 1 aliphatic rings. The molecule has 2 nitrogen and oxygen atoms in total. The molecule has 0 fully saturated rings. The number of hydrogen-bond donors (Lipinski definition) is 1. The third-order valence-corrected chi connectivity index (χ3v) is 7.49. The van der Waals surface area contributed by atoms with E-state index < -0.39 is 0 Å². The first-order valence-corrected chi connectivity index (χ1v) is 13.3. The molecule has 6 aromatic rings. The summed E-state index contributed by atoms with van der Waals surface area (Å²) in [6.45, 7) is 0. The van der Waals surface area contributed by atoms with Crippen molar-refractivity contribution >= 4 is 38.8 Å². The van der Waals surface area contributed by atoms with Crippen LogP contribution in [-0.2, 0) is 0 Å². The van der Waals surface area contributed by atoms with Crippen LogP contribution in [0.3, 0.4) is 0 Å². The minimum atomic E-state index is 1.08. The number of para-hydroxylation sites is 3. The van der Waals surface area contributed by atoms with Crippen molar-refractivity contribution < 1.29 is 0 Å². The second-order valence-electron chi connectivity index (χ2n) is 9.82. The van der Waals surface area contributed by atoms with Crippen LogP contribution in [0.5, 0.6) is 0 Å². The largest absolute Gasteiger partial charge is 0.355 e. The molecule has 0 atom stereocenters. The van der Waals surface area contributed by atoms with Gasteiger partial charge in [0.05, 0.1) is 11.0 Å². The lowest BCUT2D eigenvalue weighted by Crippen LogP contribution is -1.97. The number of anilines is 2. The summed E-state index contributed by atoms with van der Waals surface area (Å²) in [4.78, 5) is 0. The van der Waals surface area contributed by atoms with Gasteiger partial charge in [0.2, 0.25) is 0 Å². The van der Waals surface area contributed by atoms with Crippen LogP contribution in [0.2, 0.25) is 0 Å². The highest BCUT2D eigenvalue weighted by atomic mass is 15.0. The number of fused-ring (bicyclic) bond motifs is 3. The van der Waals surface area contributed by atoms with Crippen molar-refractivity contribution in [1.29, 1.82) is 0 Å². The van der Waals surface area contributed by atoms with E-state index in [-0.39, 0.29) is 0 Å². The monoisotopic (exact) mass is 488 g/mol. The molecular formula is C36H28N2. The highest BCUT2D eigenvalue weighted by Gasteiger charge is 2.12. The maximum atomic E-state index is 3.64. The van der Waals surface area contributed by atoms with Gasteiger partial charge in [0, 0.05) is 33.4 Å². The maximum Gasteiger partial charge on any atom is 0.0541 e. The molecule has 0 saturated heterocycles. The zero-order chi connectivity index (χ0) is 25.3. The molecular weight excluding hydrogens is 460 g/mol. The molecule has 0 unspecified atom stereocenters. The van der Waals surface area contributed by atoms with E-state index in [1.165, 1.54) is 49.8 Å². The average Bonchev–Trinajstić information content (AvgIpc) is 3.33. The summed E-state index contributed by atoms with van der Waals surface area (Å²) in [5.41, 5.74) is 11.0. The maximum absolute atomic E-state index is 3.64. The van der Waals surface area contributed by atoms with E-state index in [1.807, 2.05) is 0 Å². The zero-order valence-corrected chi connectivity index (χ0v) is 21.1. The van der Waals surface area contributed by atoms with Crippen LogP contribution < -0.4 is 5.32 Å². The molecule has 0 saturated carbocycles. The van der Waals surface area contributed by atoms with Crippen molar-refractivity contribution in [2.75, 3.05) is 5.32 Å². The SMILES string of the molecule is C1=CCCC(c2ccccc2Nc2ccc(-c3ccc(-n4c5ccccc5c5ccccc54)cc3)cc2)=C1. The summed E-state index contributed by atoms with van der Waals surface area (Å²) in [5.74, 6) is 0. The predicted octanol–water partition coefficient (Wildman–Crippen LogP) is 9.93. The summed E-state index contributed by atoms with van der Waals surface area (Å²) >= 11 is 0. The molecule has 0 aliphatic heterocycles. The van der Waals surface area contributed by atoms with E-state index in [4.69, 9.17) is 0 Å². The Morgan fingerprint density at radius 2 is 1.18 bits per heavy atom. The third-order valence-electron chi connectivity index (χ3n) is 7.49. The summed E-state index contributed by atoms with van der Waals surface area (Å²) < 4.78 is 2.36. The van der Waals surface area contributed by atoms with E-state index in [0.29, 0.717) is 0 Å². The van der Waals surface area contributed by atoms with Gasteiger partial charge in [0.1, 0.15) is 0 Å². The van der Waals surface area contributed by atoms with Gasteiger partial charge >= 0.3 is 0 Å². The van der Waals surface area contributed by atoms with Crippen molar-refractivity contribution in [3.8, 4) is 16.8 Å². The predicted molar refractivity (Wildman–Crippen MR) is 162 cm³/mol. The van der Waals surface area contributed by atoms with Crippen LogP contribution in [0.4, 0.5) is 11.4 Å². The van der Waals surface area contributed by atoms with Crippen LogP contribution in [0.15, 0.2) is 140 Å². The number of hydrogen-bond acceptors (Lipinski definition) is 1. The van der Waals surface area contributed by atoms with Gasteiger partial charge in [-0.15, -0.1) is 0 Å². The lowest BCUT2D eigenvalue weighted by Gasteiger charge is -2.16. The van der Waals surface area contributed by atoms with Gasteiger partial charge in [0.25, 0.3) is 0 Å². The first-order valence-electron chi connectivity index (χ1n) is 13.3. The van der Waals surface area contributed by atoms with Gasteiger partial charge < -0.3 is 9.88 Å². The molecule has 7 rings (SSSR count). The molecule has 0 radical (unpaired) electrons. The highest BCUT2D eigenvalue weighted by Crippen LogP contribution is 2.34. The summed E-state index contributed by atoms with van der Waals surface area (Å²) in [6, 6.07) is 43.5. The van der Waals surface area contributed by atoms with E-state index in [9.17, 15) is 0 Å². The fraction of sp³-hybridized carbons (Fsp3) is 0.0556. The molecule has 0 amide bonds. The van der Waals surface area contributed by atoms with Crippen molar-refractivity contribution in [2.45, 2.75) is 12.8 Å². The number of nitrogens with zero attached hydrogens (tertiary/aromatic N) is 1. The summed E-state index contributed by atoms with van der Waals surface area (Å²) in [6.07, 6.45) is 8.81. The quantitative estimate of drug-likeness (QED) is 0.255. The Morgan fingerprint density at radius 1 is 0.579 bits per heavy atom. The van der Waals surface area contributed by atoms with Crippen molar-refractivity contribution in [2.24, 2.45) is 0 Å². The van der Waals surface area contributed by atoms with Crippen molar-refractivity contribution in [3.05, 3.63) is 145 Å². The molecule has 1 N–H and O–H groups in total. The molecule has 38 heavy (non-hydrogen) atoms. The Bertz CT molecular complexity index is 1760. The Balaban J connectivity index is 1.17. The van der Waals surface area contributed by atoms with E-state index >= 15 is 0 Å². The number of benzene rings is 5. The Hall–Kier alpha value is -4.82. The second kappa shape index (κ2) is 9.57. The van der Waals surface area contributed by atoms with Crippen LogP contribution in [0.1, 0.15) is 18.4 Å². The average molecular weight is 489 g/mol. The third kappa shape index (κ3) is 4.01. The Morgan fingerprint density at radius 3 is 1.84 bits per heavy atom. The minimum Gasteiger partial charge on any atom is -0.355 e. The van der Waals surface area contributed by atoms with Gasteiger partial charge in [-0.05, 0) is 72.0 Å². The molecule has 2 heteroatoms. The normalized spacial score (nSPS) is 13.1. The Kier molecular flexibility index (Phi) is 5.64. The molecule has 0 bridgehead atoms. The van der Waals surface area contributed by atoms with Crippen LogP contribution >= 0.6 is 0 Å². The molecule has 0 spiro atoms. The zero-order valence-electron chi connectivity index (χ0n) is 21.1. The van der Waals surface area contributed by atoms with Crippen LogP contribution in [-0.4, -0.2) is 4.57 Å². The van der Waals surface area contributed by atoms with E-state index in [1.54, 1.807) is 0 Å².